The van der Waals surface area contributed by atoms with Crippen LogP contribution in [0.4, 0.5) is 30.5 Å². The Balaban J connectivity index is 1.83. The highest BCUT2D eigenvalue weighted by Crippen LogP contribution is 2.37. The summed E-state index contributed by atoms with van der Waals surface area (Å²) in [5.41, 5.74) is -0.593. The third kappa shape index (κ3) is 7.12. The molecule has 0 saturated carbocycles. The van der Waals surface area contributed by atoms with Gasteiger partial charge in [-0.25, -0.2) is 9.97 Å². The molecule has 4 N–H and O–H groups in total. The van der Waals surface area contributed by atoms with Crippen molar-refractivity contribution in [2.45, 2.75) is 31.4 Å². The molecule has 1 unspecified atom stereocenters. The first-order valence-electron chi connectivity index (χ1n) is 10.8. The van der Waals surface area contributed by atoms with Crippen LogP contribution in [0, 0.1) is 0 Å². The third-order valence-corrected chi connectivity index (χ3v) is 5.01. The van der Waals surface area contributed by atoms with E-state index < -0.39 is 29.5 Å². The van der Waals surface area contributed by atoms with Gasteiger partial charge in [0.15, 0.2) is 0 Å². The predicted molar refractivity (Wildman–Crippen MR) is 122 cm³/mol. The molecule has 2 heterocycles. The maximum absolute atomic E-state index is 13.4. The van der Waals surface area contributed by atoms with Crippen LogP contribution in [0.2, 0.25) is 0 Å². The van der Waals surface area contributed by atoms with Crippen molar-refractivity contribution in [2.24, 2.45) is 4.99 Å². The summed E-state index contributed by atoms with van der Waals surface area (Å²) in [5, 5.41) is 17.5. The van der Waals surface area contributed by atoms with E-state index in [0.29, 0.717) is 23.7 Å². The summed E-state index contributed by atoms with van der Waals surface area (Å²) in [7, 11) is 1.83. The van der Waals surface area contributed by atoms with E-state index in [1.807, 2.05) is 7.05 Å². The van der Waals surface area contributed by atoms with Crippen molar-refractivity contribution in [3.8, 4) is 5.75 Å². The van der Waals surface area contributed by atoms with Gasteiger partial charge in [0.05, 0.1) is 23.4 Å². The number of hydrogen-bond acceptors (Lipinski definition) is 8. The molecule has 0 radical (unpaired) electrons. The Bertz CT molecular complexity index is 1090. The Labute approximate surface area is 199 Å². The number of anilines is 2. The number of benzene rings is 1. The van der Waals surface area contributed by atoms with Gasteiger partial charge >= 0.3 is 12.1 Å². The van der Waals surface area contributed by atoms with Gasteiger partial charge in [-0.15, -0.1) is 0 Å². The number of aliphatic carboxylic acids is 1. The summed E-state index contributed by atoms with van der Waals surface area (Å²) < 4.78 is 45.5. The number of amides is 1. The number of hydrogen-bond donors (Lipinski definition) is 4. The lowest BCUT2D eigenvalue weighted by Gasteiger charge is -2.12. The Hall–Kier alpha value is -3.74. The predicted octanol–water partition coefficient (Wildman–Crippen LogP) is 3.20. The molecule has 35 heavy (non-hydrogen) atoms. The number of carboxylic acid groups (broad SMARTS) is 1. The van der Waals surface area contributed by atoms with Crippen LogP contribution in [0.15, 0.2) is 29.5 Å². The largest absolute Gasteiger partial charge is 0.493 e. The average Bonchev–Trinajstić information content (AvgIpc) is 3.13. The van der Waals surface area contributed by atoms with Crippen molar-refractivity contribution in [3.05, 3.63) is 35.7 Å². The number of carbonyl (C=O) groups is 2. The van der Waals surface area contributed by atoms with Crippen LogP contribution < -0.4 is 20.7 Å². The second-order valence-electron chi connectivity index (χ2n) is 7.67. The van der Waals surface area contributed by atoms with Gasteiger partial charge in [-0.3, -0.25) is 14.6 Å². The summed E-state index contributed by atoms with van der Waals surface area (Å²) in [6.07, 6.45) is -1.34. The van der Waals surface area contributed by atoms with Gasteiger partial charge in [0.2, 0.25) is 5.91 Å². The van der Waals surface area contributed by atoms with Gasteiger partial charge in [0.25, 0.3) is 0 Å². The normalized spacial score (nSPS) is 15.2. The minimum Gasteiger partial charge on any atom is -0.493 e. The lowest BCUT2D eigenvalue weighted by molar-refractivity contribution is -0.138. The molecule has 0 bridgehead atoms. The first-order valence-corrected chi connectivity index (χ1v) is 10.8. The Morgan fingerprint density at radius 3 is 2.77 bits per heavy atom. The smallest absolute Gasteiger partial charge is 0.416 e. The van der Waals surface area contributed by atoms with E-state index in [4.69, 9.17) is 9.84 Å². The fourth-order valence-electron chi connectivity index (χ4n) is 3.35. The van der Waals surface area contributed by atoms with Gasteiger partial charge in [-0.05, 0) is 38.6 Å². The third-order valence-electron chi connectivity index (χ3n) is 5.01. The zero-order valence-corrected chi connectivity index (χ0v) is 18.9. The number of rotatable bonds is 12. The number of aromatic nitrogens is 2. The van der Waals surface area contributed by atoms with E-state index in [0.717, 1.165) is 25.1 Å². The van der Waals surface area contributed by atoms with Crippen LogP contribution in [-0.4, -0.2) is 59.9 Å². The molecule has 2 aromatic rings. The van der Waals surface area contributed by atoms with E-state index in [2.05, 4.69) is 30.9 Å². The molecule has 1 aliphatic heterocycles. The zero-order valence-electron chi connectivity index (χ0n) is 18.9. The molecule has 1 aliphatic rings. The van der Waals surface area contributed by atoms with Crippen LogP contribution in [-0.2, 0) is 15.8 Å². The van der Waals surface area contributed by atoms with Crippen LogP contribution in [0.1, 0.15) is 36.3 Å². The van der Waals surface area contributed by atoms with Crippen molar-refractivity contribution in [1.82, 2.24) is 15.3 Å². The van der Waals surface area contributed by atoms with E-state index in [1.54, 1.807) is 0 Å². The van der Waals surface area contributed by atoms with Crippen molar-refractivity contribution in [3.63, 3.8) is 0 Å². The highest BCUT2D eigenvalue weighted by atomic mass is 19.4. The van der Waals surface area contributed by atoms with E-state index in [1.165, 1.54) is 18.6 Å². The number of ether oxygens (including phenoxy) is 1. The van der Waals surface area contributed by atoms with Gasteiger partial charge < -0.3 is 25.8 Å². The average molecular weight is 494 g/mol. The van der Waals surface area contributed by atoms with Crippen LogP contribution >= 0.6 is 0 Å². The lowest BCUT2D eigenvalue weighted by atomic mass is 10.0. The van der Waals surface area contributed by atoms with E-state index in [-0.39, 0.29) is 30.9 Å². The summed E-state index contributed by atoms with van der Waals surface area (Å²) >= 11 is 0. The number of halogens is 3. The maximum atomic E-state index is 13.4. The molecule has 3 rings (SSSR count). The standard InChI is InChI=1S/C22H25F3N6O4/c1-26-5-3-6-27-19-18-16(21(34)31-20(18)30-12-29-19)11-28-14-8-13(22(23,24)25)9-15(10-14)35-7-2-4-17(32)33/h8-12,16,26H,2-7H2,1H3,(H,32,33)(H2,27,29,30,31,34). The van der Waals surface area contributed by atoms with Crippen LogP contribution in [0.5, 0.6) is 5.75 Å². The summed E-state index contributed by atoms with van der Waals surface area (Å²) in [6.45, 7) is 1.28. The second kappa shape index (κ2) is 11.6. The molecule has 13 heteroatoms. The Morgan fingerprint density at radius 2 is 2.06 bits per heavy atom. The molecule has 1 aromatic heterocycles. The highest BCUT2D eigenvalue weighted by molar-refractivity contribution is 6.13. The van der Waals surface area contributed by atoms with Gasteiger partial charge in [0, 0.05) is 25.2 Å². The number of nitrogens with zero attached hydrogens (tertiary/aromatic N) is 3. The van der Waals surface area contributed by atoms with Crippen molar-refractivity contribution in [2.75, 3.05) is 37.4 Å². The maximum Gasteiger partial charge on any atom is 0.416 e. The molecular formula is C22H25F3N6O4. The molecule has 1 atom stereocenters. The fraction of sp³-hybridized carbons (Fsp3) is 0.409. The summed E-state index contributed by atoms with van der Waals surface area (Å²) in [6, 6.07) is 2.95. The minimum absolute atomic E-state index is 0.0743. The van der Waals surface area contributed by atoms with Gasteiger partial charge in [-0.2, -0.15) is 13.2 Å². The second-order valence-corrected chi connectivity index (χ2v) is 7.67. The molecule has 0 saturated heterocycles. The number of carbonyl (C=O) groups excluding carboxylic acids is 1. The summed E-state index contributed by atoms with van der Waals surface area (Å²) in [4.78, 5) is 35.5. The molecule has 1 amide bonds. The Morgan fingerprint density at radius 1 is 1.26 bits per heavy atom. The van der Waals surface area contributed by atoms with Crippen molar-refractivity contribution < 1.29 is 32.6 Å². The SMILES string of the molecule is CNCCCNc1ncnc2c1C(C=Nc1cc(OCCCC(=O)O)cc(C(F)(F)F)c1)C(=O)N2. The van der Waals surface area contributed by atoms with Crippen LogP contribution in [0.3, 0.4) is 0 Å². The summed E-state index contributed by atoms with van der Waals surface area (Å²) in [5.74, 6) is -1.73. The number of fused-ring (bicyclic) bond motifs is 1. The van der Waals surface area contributed by atoms with E-state index in [9.17, 15) is 22.8 Å². The minimum atomic E-state index is -4.65. The topological polar surface area (TPSA) is 138 Å². The fourth-order valence-corrected chi connectivity index (χ4v) is 3.35. The van der Waals surface area contributed by atoms with Gasteiger partial charge in [-0.1, -0.05) is 0 Å². The van der Waals surface area contributed by atoms with Crippen molar-refractivity contribution >= 4 is 35.4 Å². The van der Waals surface area contributed by atoms with Gasteiger partial charge in [0.1, 0.15) is 29.6 Å². The first kappa shape index (κ1) is 25.9. The molecule has 1 aromatic carbocycles. The monoisotopic (exact) mass is 494 g/mol. The molecular weight excluding hydrogens is 469 g/mol. The number of alkyl halides is 3. The zero-order chi connectivity index (χ0) is 25.4. The molecule has 188 valence electrons. The van der Waals surface area contributed by atoms with Crippen LogP contribution in [0.25, 0.3) is 0 Å². The van der Waals surface area contributed by atoms with Crippen molar-refractivity contribution in [1.29, 1.82) is 0 Å². The van der Waals surface area contributed by atoms with E-state index >= 15 is 0 Å². The number of carboxylic acids is 1. The molecule has 0 aliphatic carbocycles. The number of nitrogens with one attached hydrogen (secondary N) is 3. The molecule has 0 fully saturated rings. The molecule has 10 nitrogen and oxygen atoms in total. The lowest BCUT2D eigenvalue weighted by Crippen LogP contribution is -2.16. The quantitative estimate of drug-likeness (QED) is 0.261. The Kier molecular flexibility index (Phi) is 8.58. The first-order chi connectivity index (χ1) is 16.7. The number of aliphatic imine (C=N–C) groups is 1. The molecule has 0 spiro atoms. The highest BCUT2D eigenvalue weighted by Gasteiger charge is 2.34.